The highest BCUT2D eigenvalue weighted by atomic mass is 16.6. The van der Waals surface area contributed by atoms with Crippen LogP contribution in [0.2, 0.25) is 0 Å². The Bertz CT molecular complexity index is 1990. The molecular weight excluding hydrogens is 871 g/mol. The van der Waals surface area contributed by atoms with Gasteiger partial charge in [-0.25, -0.2) is 4.79 Å². The van der Waals surface area contributed by atoms with Gasteiger partial charge in [0.05, 0.1) is 24.6 Å². The molecule has 5 rings (SSSR count). The number of furan rings is 1. The molecule has 3 N–H and O–H groups in total. The summed E-state index contributed by atoms with van der Waals surface area (Å²) in [4.78, 5) is 72.3. The molecule has 2 bridgehead atoms. The average molecular weight is 950 g/mol. The van der Waals surface area contributed by atoms with Crippen molar-refractivity contribution >= 4 is 29.2 Å². The number of ketones is 3. The van der Waals surface area contributed by atoms with E-state index in [1.54, 1.807) is 46.3 Å². The van der Waals surface area contributed by atoms with Gasteiger partial charge < -0.3 is 43.6 Å². The molecule has 3 fully saturated rings. The summed E-state index contributed by atoms with van der Waals surface area (Å²) >= 11 is 0. The van der Waals surface area contributed by atoms with Crippen molar-refractivity contribution in [1.29, 1.82) is 0 Å². The number of esters is 1. The van der Waals surface area contributed by atoms with E-state index >= 15 is 0 Å². The second-order valence-corrected chi connectivity index (χ2v) is 20.4. The number of aliphatic hydroxyl groups excluding tert-OH is 2. The summed E-state index contributed by atoms with van der Waals surface area (Å²) < 4.78 is 29.6. The van der Waals surface area contributed by atoms with Gasteiger partial charge in [-0.2, -0.15) is 0 Å². The number of methoxy groups -OCH3 is 2. The number of hydrogen-bond donors (Lipinski definition) is 3. The molecule has 14 heteroatoms. The zero-order valence-electron chi connectivity index (χ0n) is 41.8. The molecule has 4 heterocycles. The number of ether oxygens (including phenoxy) is 4. The van der Waals surface area contributed by atoms with E-state index < -0.39 is 77.8 Å². The third kappa shape index (κ3) is 13.8. The lowest BCUT2D eigenvalue weighted by molar-refractivity contribution is -0.264. The first-order valence-electron chi connectivity index (χ1n) is 25.0. The second-order valence-electron chi connectivity index (χ2n) is 20.4. The van der Waals surface area contributed by atoms with Crippen molar-refractivity contribution in [2.24, 2.45) is 35.5 Å². The number of carbonyl (C=O) groups excluding carboxylic acids is 5. The van der Waals surface area contributed by atoms with Crippen LogP contribution in [0.25, 0.3) is 0 Å². The van der Waals surface area contributed by atoms with Gasteiger partial charge >= 0.3 is 5.97 Å². The third-order valence-electron chi connectivity index (χ3n) is 15.1. The summed E-state index contributed by atoms with van der Waals surface area (Å²) in [7, 11) is 2.95. The summed E-state index contributed by atoms with van der Waals surface area (Å²) in [6.07, 6.45) is 13.3. The van der Waals surface area contributed by atoms with Crippen LogP contribution in [0.5, 0.6) is 0 Å². The van der Waals surface area contributed by atoms with E-state index in [0.717, 1.165) is 12.0 Å². The maximum Gasteiger partial charge on any atom is 0.329 e. The van der Waals surface area contributed by atoms with Gasteiger partial charge in [-0.15, -0.1) is 0 Å². The molecule has 1 aliphatic carbocycles. The Morgan fingerprint density at radius 1 is 0.882 bits per heavy atom. The number of carbonyl (C=O) groups is 5. The van der Waals surface area contributed by atoms with Gasteiger partial charge in [0.2, 0.25) is 5.79 Å². The zero-order valence-corrected chi connectivity index (χ0v) is 41.8. The standard InChI is InChI=1S/C54H79NO13/c1-32-16-11-10-12-17-33(2)41(45-19-15-25-66-45)30-40-22-20-38(7)54(63,68-40)51(60)52(61)55-24-14-13-18-42(55)53(62)67-46(35(4)28-39-21-23-43(56)47(29-39)64-8)31-44(57)34(3)27-37(6)49(59)50(65-9)48(58)36(5)26-32/h10-12,15-17,19,25,27,32,34-36,38-43,46-47,49-50,56,59,63H,13-14,18,20-24,26,28-31H2,1-9H3/b12-10+,16-11+,33-17+,37-27+/t32-,34-,35-,36-,38-,39+,40+,41+,42+,43-,46+,47-,49-,50+,54-/m1/s1. The van der Waals surface area contributed by atoms with Crippen molar-refractivity contribution in [3.8, 4) is 0 Å². The number of fused-ring (bicyclic) bond motifs is 3. The molecule has 14 nitrogen and oxygen atoms in total. The van der Waals surface area contributed by atoms with Gasteiger partial charge in [-0.3, -0.25) is 19.2 Å². The highest BCUT2D eigenvalue weighted by Gasteiger charge is 2.53. The van der Waals surface area contributed by atoms with Crippen LogP contribution < -0.4 is 0 Å². The van der Waals surface area contributed by atoms with Crippen molar-refractivity contribution in [3.05, 3.63) is 71.8 Å². The van der Waals surface area contributed by atoms with Crippen molar-refractivity contribution in [3.63, 3.8) is 0 Å². The first kappa shape index (κ1) is 54.9. The minimum absolute atomic E-state index is 0.00926. The first-order chi connectivity index (χ1) is 32.3. The van der Waals surface area contributed by atoms with Crippen LogP contribution in [0.4, 0.5) is 0 Å². The maximum atomic E-state index is 14.4. The number of allylic oxidation sites excluding steroid dienone is 7. The summed E-state index contributed by atoms with van der Waals surface area (Å²) in [5.41, 5.74) is 1.33. The van der Waals surface area contributed by atoms with E-state index in [9.17, 15) is 39.3 Å². The quantitative estimate of drug-likeness (QED) is 0.144. The lowest BCUT2D eigenvalue weighted by Gasteiger charge is -2.42. The van der Waals surface area contributed by atoms with E-state index in [-0.39, 0.29) is 60.7 Å². The Hall–Kier alpha value is -4.05. The molecule has 0 spiro atoms. The van der Waals surface area contributed by atoms with Crippen LogP contribution in [0.1, 0.15) is 137 Å². The zero-order chi connectivity index (χ0) is 49.9. The number of piperidine rings is 1. The Labute approximate surface area is 403 Å². The summed E-state index contributed by atoms with van der Waals surface area (Å²) in [6, 6.07) is 2.52. The smallest absolute Gasteiger partial charge is 0.329 e. The molecule has 1 aromatic rings. The molecule has 0 unspecified atom stereocenters. The molecule has 68 heavy (non-hydrogen) atoms. The molecule has 2 saturated heterocycles. The van der Waals surface area contributed by atoms with Crippen molar-refractivity contribution in [1.82, 2.24) is 4.90 Å². The molecule has 0 aromatic carbocycles. The summed E-state index contributed by atoms with van der Waals surface area (Å²) in [6.45, 7) is 12.8. The first-order valence-corrected chi connectivity index (χ1v) is 25.0. The third-order valence-corrected chi connectivity index (χ3v) is 15.1. The van der Waals surface area contributed by atoms with Crippen molar-refractivity contribution < 1.29 is 62.7 Å². The number of cyclic esters (lactones) is 1. The topological polar surface area (TPSA) is 199 Å². The van der Waals surface area contributed by atoms with E-state index in [1.165, 1.54) is 12.0 Å². The Kier molecular flexibility index (Phi) is 20.3. The molecule has 4 aliphatic rings. The Morgan fingerprint density at radius 2 is 1.63 bits per heavy atom. The number of rotatable bonds is 6. The Balaban J connectivity index is 1.49. The van der Waals surface area contributed by atoms with Gasteiger partial charge in [-0.1, -0.05) is 76.6 Å². The molecule has 15 atom stereocenters. The van der Waals surface area contributed by atoms with Crippen LogP contribution >= 0.6 is 0 Å². The lowest BCUT2D eigenvalue weighted by Crippen LogP contribution is -2.60. The fourth-order valence-electron chi connectivity index (χ4n) is 10.7. The maximum absolute atomic E-state index is 14.4. The number of Topliss-reactive ketones (excluding diaryl/α,β-unsaturated/α-hetero) is 3. The molecule has 1 aromatic heterocycles. The minimum atomic E-state index is -2.45. The van der Waals surface area contributed by atoms with Crippen LogP contribution in [-0.2, 0) is 42.9 Å². The van der Waals surface area contributed by atoms with Crippen LogP contribution in [-0.4, -0.2) is 119 Å². The number of nitrogens with zero attached hydrogens (tertiary/aromatic N) is 1. The predicted octanol–water partition coefficient (Wildman–Crippen LogP) is 7.54. The van der Waals surface area contributed by atoms with Gasteiger partial charge in [-0.05, 0) is 120 Å². The van der Waals surface area contributed by atoms with E-state index in [4.69, 9.17) is 23.4 Å². The van der Waals surface area contributed by atoms with Crippen LogP contribution in [0.15, 0.2) is 70.4 Å². The van der Waals surface area contributed by atoms with Crippen molar-refractivity contribution in [2.75, 3.05) is 20.8 Å². The highest BCUT2D eigenvalue weighted by molar-refractivity contribution is 6.39. The summed E-state index contributed by atoms with van der Waals surface area (Å²) in [5.74, 6) is -7.63. The highest BCUT2D eigenvalue weighted by Crippen LogP contribution is 2.40. The van der Waals surface area contributed by atoms with E-state index in [2.05, 4.69) is 0 Å². The monoisotopic (exact) mass is 950 g/mol. The summed E-state index contributed by atoms with van der Waals surface area (Å²) in [5, 5.41) is 34.1. The van der Waals surface area contributed by atoms with E-state index in [0.29, 0.717) is 69.1 Å². The number of hydrogen-bond acceptors (Lipinski definition) is 13. The fourth-order valence-corrected chi connectivity index (χ4v) is 10.7. The molecule has 3 aliphatic heterocycles. The lowest BCUT2D eigenvalue weighted by atomic mass is 9.78. The molecule has 0 radical (unpaired) electrons. The molecule has 378 valence electrons. The molecular formula is C54H79NO13. The Morgan fingerprint density at radius 3 is 2.32 bits per heavy atom. The van der Waals surface area contributed by atoms with Crippen LogP contribution in [0, 0.1) is 35.5 Å². The van der Waals surface area contributed by atoms with Gasteiger partial charge in [0.15, 0.2) is 5.78 Å². The normalized spacial score (nSPS) is 39.1. The van der Waals surface area contributed by atoms with Crippen molar-refractivity contribution in [2.45, 2.75) is 180 Å². The molecule has 1 saturated carbocycles. The van der Waals surface area contributed by atoms with Gasteiger partial charge in [0.1, 0.15) is 35.9 Å². The average Bonchev–Trinajstić information content (AvgIpc) is 3.86. The fraction of sp³-hybridized carbons (Fsp3) is 0.685. The van der Waals surface area contributed by atoms with Gasteiger partial charge in [0.25, 0.3) is 11.7 Å². The number of amides is 1. The minimum Gasteiger partial charge on any atom is -0.469 e. The van der Waals surface area contributed by atoms with Gasteiger partial charge in [0, 0.05) is 50.9 Å². The predicted molar refractivity (Wildman–Crippen MR) is 256 cm³/mol. The van der Waals surface area contributed by atoms with E-state index in [1.807, 2.05) is 64.1 Å². The second kappa shape index (κ2) is 25.2. The van der Waals surface area contributed by atoms with Crippen LogP contribution in [0.3, 0.4) is 0 Å². The molecule has 1 amide bonds. The largest absolute Gasteiger partial charge is 0.469 e. The SMILES string of the molecule is CO[C@@H]1C[C@H](C[C@@H](C)[C@@H]2CC(=O)[C@H](C)/C=C(\C)[C@@H](O)[C@@H](OC)C(=O)[C@H](C)C[C@H](C)/C=C/C=C/C=C(\C)[C@@H](c3ccco3)C[C@@H]3CC[C@@H](C)[C@@](O)(O3)C(=O)C(=O)N3CCCC[C@H]3C(=O)O2)CC[C@H]1O. The number of aliphatic hydroxyl groups is 3.